The highest BCUT2D eigenvalue weighted by Gasteiger charge is 2.55. The van der Waals surface area contributed by atoms with Crippen LogP contribution in [0.25, 0.3) is 5.69 Å². The minimum atomic E-state index is -4.38. The fraction of sp³-hybridized carbons (Fsp3) is 0.444. The Balaban J connectivity index is 1.35. The Labute approximate surface area is 153 Å². The van der Waals surface area contributed by atoms with E-state index in [0.29, 0.717) is 11.4 Å². The number of aromatic nitrogens is 2. The summed E-state index contributed by atoms with van der Waals surface area (Å²) in [6.45, 7) is 1.47. The van der Waals surface area contributed by atoms with Gasteiger partial charge >= 0.3 is 12.2 Å². The summed E-state index contributed by atoms with van der Waals surface area (Å²) in [5.74, 6) is 0. The summed E-state index contributed by atoms with van der Waals surface area (Å²) in [6, 6.07) is 4.51. The van der Waals surface area contributed by atoms with E-state index in [4.69, 9.17) is 4.74 Å². The first-order valence-corrected chi connectivity index (χ1v) is 8.73. The average molecular weight is 380 g/mol. The van der Waals surface area contributed by atoms with Crippen molar-refractivity contribution in [1.29, 1.82) is 0 Å². The van der Waals surface area contributed by atoms with Crippen molar-refractivity contribution in [2.45, 2.75) is 31.5 Å². The van der Waals surface area contributed by atoms with Gasteiger partial charge in [0.25, 0.3) is 0 Å². The molecule has 2 aromatic rings. The summed E-state index contributed by atoms with van der Waals surface area (Å²) >= 11 is 0. The maximum Gasteiger partial charge on any atom is 0.416 e. The smallest absolute Gasteiger partial charge is 0.381 e. The highest BCUT2D eigenvalue weighted by Crippen LogP contribution is 2.53. The van der Waals surface area contributed by atoms with Crippen LogP contribution in [-0.4, -0.2) is 35.1 Å². The fourth-order valence-electron chi connectivity index (χ4n) is 3.54. The van der Waals surface area contributed by atoms with Crippen LogP contribution >= 0.6 is 0 Å². The van der Waals surface area contributed by atoms with Gasteiger partial charge in [-0.1, -0.05) is 0 Å². The quantitative estimate of drug-likeness (QED) is 0.855. The molecule has 1 saturated heterocycles. The molecule has 1 saturated carbocycles. The van der Waals surface area contributed by atoms with Crippen molar-refractivity contribution in [3.05, 3.63) is 42.2 Å². The zero-order valence-corrected chi connectivity index (χ0v) is 14.4. The summed E-state index contributed by atoms with van der Waals surface area (Å²) in [7, 11) is 0. The first-order valence-electron chi connectivity index (χ1n) is 8.73. The molecule has 0 radical (unpaired) electrons. The lowest BCUT2D eigenvalue weighted by molar-refractivity contribution is -0.137. The number of carbonyl (C=O) groups excluding carboxylic acids is 1. The van der Waals surface area contributed by atoms with E-state index in [0.717, 1.165) is 44.6 Å². The number of alkyl halides is 3. The summed E-state index contributed by atoms with van der Waals surface area (Å²) in [5.41, 5.74) is 0.400. The Morgan fingerprint density at radius 1 is 1.22 bits per heavy atom. The topological polar surface area (TPSA) is 68.2 Å². The molecular weight excluding hydrogens is 361 g/mol. The predicted octanol–water partition coefficient (Wildman–Crippen LogP) is 3.58. The van der Waals surface area contributed by atoms with Crippen LogP contribution < -0.4 is 10.6 Å². The van der Waals surface area contributed by atoms with Crippen LogP contribution in [0.4, 0.5) is 23.7 Å². The van der Waals surface area contributed by atoms with Crippen LogP contribution in [0.1, 0.15) is 24.8 Å². The van der Waals surface area contributed by atoms with Gasteiger partial charge in [-0.05, 0) is 48.9 Å². The Morgan fingerprint density at radius 3 is 2.59 bits per heavy atom. The molecule has 144 valence electrons. The molecular formula is C18H19F3N4O2. The molecule has 2 amide bonds. The first-order chi connectivity index (χ1) is 12.9. The van der Waals surface area contributed by atoms with Gasteiger partial charge in [-0.2, -0.15) is 18.3 Å². The van der Waals surface area contributed by atoms with Crippen LogP contribution in [0.3, 0.4) is 0 Å². The standard InChI is InChI=1S/C18H19F3N4O2/c19-18(20,21)12-1-3-14(4-2-12)25-11-13(10-22-25)23-16(26)24-15-9-17(15)5-7-27-8-6-17/h1-4,10-11,15H,5-9H2,(H2,23,24,26). The van der Waals surface area contributed by atoms with Crippen LogP contribution in [0.5, 0.6) is 0 Å². The largest absolute Gasteiger partial charge is 0.416 e. The number of rotatable bonds is 3. The molecule has 1 atom stereocenters. The normalized spacial score (nSPS) is 21.1. The molecule has 1 aliphatic carbocycles. The molecule has 1 aromatic carbocycles. The van der Waals surface area contributed by atoms with E-state index in [1.54, 1.807) is 6.20 Å². The van der Waals surface area contributed by atoms with E-state index in [9.17, 15) is 18.0 Å². The Bertz CT molecular complexity index is 826. The molecule has 0 bridgehead atoms. The van der Waals surface area contributed by atoms with Crippen molar-refractivity contribution < 1.29 is 22.7 Å². The number of anilines is 1. The second-order valence-corrected chi connectivity index (χ2v) is 7.05. The number of hydrogen-bond acceptors (Lipinski definition) is 3. The minimum absolute atomic E-state index is 0.159. The third-order valence-corrected chi connectivity index (χ3v) is 5.28. The number of nitrogens with zero attached hydrogens (tertiary/aromatic N) is 2. The van der Waals surface area contributed by atoms with E-state index < -0.39 is 11.7 Å². The van der Waals surface area contributed by atoms with Gasteiger partial charge in [0.2, 0.25) is 0 Å². The van der Waals surface area contributed by atoms with Crippen molar-refractivity contribution in [1.82, 2.24) is 15.1 Å². The van der Waals surface area contributed by atoms with Crippen LogP contribution in [0, 0.1) is 5.41 Å². The zero-order chi connectivity index (χ0) is 19.1. The summed E-state index contributed by atoms with van der Waals surface area (Å²) in [4.78, 5) is 12.2. The van der Waals surface area contributed by atoms with Crippen molar-refractivity contribution in [3.8, 4) is 5.69 Å². The highest BCUT2D eigenvalue weighted by atomic mass is 19.4. The maximum absolute atomic E-state index is 12.6. The van der Waals surface area contributed by atoms with Crippen molar-refractivity contribution in [3.63, 3.8) is 0 Å². The van der Waals surface area contributed by atoms with Crippen molar-refractivity contribution in [2.24, 2.45) is 5.41 Å². The number of halogens is 3. The summed E-state index contributed by atoms with van der Waals surface area (Å²) < 4.78 is 44.7. The lowest BCUT2D eigenvalue weighted by Gasteiger charge is -2.22. The lowest BCUT2D eigenvalue weighted by atomic mass is 9.96. The molecule has 6 nitrogen and oxygen atoms in total. The lowest BCUT2D eigenvalue weighted by Crippen LogP contribution is -2.35. The predicted molar refractivity (Wildman–Crippen MR) is 91.6 cm³/mol. The van der Waals surface area contributed by atoms with Crippen LogP contribution in [0.2, 0.25) is 0 Å². The van der Waals surface area contributed by atoms with Crippen LogP contribution in [-0.2, 0) is 10.9 Å². The molecule has 2 heterocycles. The molecule has 9 heteroatoms. The number of urea groups is 1. The Morgan fingerprint density at radius 2 is 1.93 bits per heavy atom. The zero-order valence-electron chi connectivity index (χ0n) is 14.4. The molecule has 1 unspecified atom stereocenters. The maximum atomic E-state index is 12.6. The van der Waals surface area contributed by atoms with Crippen LogP contribution in [0.15, 0.2) is 36.7 Å². The number of amides is 2. The third-order valence-electron chi connectivity index (χ3n) is 5.28. The number of ether oxygens (including phenoxy) is 1. The molecule has 1 aliphatic heterocycles. The second-order valence-electron chi connectivity index (χ2n) is 7.05. The van der Waals surface area contributed by atoms with Gasteiger partial charge in [0.15, 0.2) is 0 Å². The van der Waals surface area contributed by atoms with E-state index in [1.807, 2.05) is 0 Å². The Kier molecular flexibility index (Phi) is 4.33. The number of nitrogens with one attached hydrogen (secondary N) is 2. The molecule has 2 aliphatic rings. The van der Waals surface area contributed by atoms with Gasteiger partial charge < -0.3 is 15.4 Å². The molecule has 4 rings (SSSR count). The average Bonchev–Trinajstić information content (AvgIpc) is 3.05. The van der Waals surface area contributed by atoms with Crippen molar-refractivity contribution in [2.75, 3.05) is 18.5 Å². The molecule has 27 heavy (non-hydrogen) atoms. The van der Waals surface area contributed by atoms with E-state index in [2.05, 4.69) is 15.7 Å². The number of hydrogen-bond donors (Lipinski definition) is 2. The van der Waals surface area contributed by atoms with E-state index in [1.165, 1.54) is 23.0 Å². The van der Waals surface area contributed by atoms with Gasteiger partial charge in [-0.25, -0.2) is 9.48 Å². The van der Waals surface area contributed by atoms with Gasteiger partial charge in [-0.3, -0.25) is 0 Å². The number of benzene rings is 1. The molecule has 2 N–H and O–H groups in total. The molecule has 1 aromatic heterocycles. The highest BCUT2D eigenvalue weighted by molar-refractivity contribution is 5.89. The summed E-state index contributed by atoms with van der Waals surface area (Å²) in [5, 5.41) is 9.77. The van der Waals surface area contributed by atoms with Gasteiger partial charge in [0.1, 0.15) is 0 Å². The summed E-state index contributed by atoms with van der Waals surface area (Å²) in [6.07, 6.45) is 1.52. The van der Waals surface area contributed by atoms with Gasteiger partial charge in [0, 0.05) is 19.3 Å². The van der Waals surface area contributed by atoms with E-state index in [-0.39, 0.29) is 17.5 Å². The minimum Gasteiger partial charge on any atom is -0.381 e. The second kappa shape index (κ2) is 6.56. The third kappa shape index (κ3) is 3.78. The molecule has 1 spiro atoms. The van der Waals surface area contributed by atoms with Crippen molar-refractivity contribution >= 4 is 11.7 Å². The number of carbonyl (C=O) groups is 1. The Hall–Kier alpha value is -2.55. The SMILES string of the molecule is O=C(Nc1cnn(-c2ccc(C(F)(F)F)cc2)c1)NC1CC12CCOCC2. The monoisotopic (exact) mass is 380 g/mol. The fourth-order valence-corrected chi connectivity index (χ4v) is 3.54. The van der Waals surface area contributed by atoms with E-state index >= 15 is 0 Å². The van der Waals surface area contributed by atoms with Gasteiger partial charge in [0.05, 0.1) is 29.3 Å². The first kappa shape index (κ1) is 17.8. The van der Waals surface area contributed by atoms with Gasteiger partial charge in [-0.15, -0.1) is 0 Å². The molecule has 2 fully saturated rings.